The minimum atomic E-state index is -0.113. The van der Waals surface area contributed by atoms with Crippen molar-refractivity contribution in [3.63, 3.8) is 0 Å². The summed E-state index contributed by atoms with van der Waals surface area (Å²) in [6, 6.07) is 0. The highest BCUT2D eigenvalue weighted by Gasteiger charge is 2.43. The highest BCUT2D eigenvalue weighted by molar-refractivity contribution is 4.90. The van der Waals surface area contributed by atoms with E-state index in [1.165, 1.54) is 25.7 Å². The van der Waals surface area contributed by atoms with E-state index in [1.54, 1.807) is 0 Å². The van der Waals surface area contributed by atoms with Gasteiger partial charge in [-0.05, 0) is 12.3 Å². The Labute approximate surface area is 81.3 Å². The van der Waals surface area contributed by atoms with Gasteiger partial charge in [0, 0.05) is 0 Å². The van der Waals surface area contributed by atoms with Crippen LogP contribution < -0.4 is 0 Å². The second kappa shape index (κ2) is 4.97. The molecular formula is C11H22O2. The van der Waals surface area contributed by atoms with E-state index < -0.39 is 0 Å². The summed E-state index contributed by atoms with van der Waals surface area (Å²) in [5.74, 6) is 0.823. The third-order valence-corrected chi connectivity index (χ3v) is 2.75. The summed E-state index contributed by atoms with van der Waals surface area (Å²) in [6.07, 6.45) is 6.17. The van der Waals surface area contributed by atoms with Crippen molar-refractivity contribution in [2.45, 2.75) is 51.6 Å². The van der Waals surface area contributed by atoms with Crippen molar-refractivity contribution in [3.8, 4) is 0 Å². The van der Waals surface area contributed by atoms with Crippen LogP contribution in [-0.2, 0) is 4.74 Å². The van der Waals surface area contributed by atoms with E-state index in [9.17, 15) is 0 Å². The maximum atomic E-state index is 8.98. The van der Waals surface area contributed by atoms with Crippen LogP contribution in [0.5, 0.6) is 0 Å². The van der Waals surface area contributed by atoms with E-state index in [4.69, 9.17) is 9.84 Å². The molecule has 0 aromatic rings. The minimum Gasteiger partial charge on any atom is -0.393 e. The molecule has 13 heavy (non-hydrogen) atoms. The predicted octanol–water partition coefficient (Wildman–Crippen LogP) is 2.35. The van der Waals surface area contributed by atoms with Crippen LogP contribution in [0.2, 0.25) is 0 Å². The fraction of sp³-hybridized carbons (Fsp3) is 1.00. The predicted molar refractivity (Wildman–Crippen MR) is 53.7 cm³/mol. The van der Waals surface area contributed by atoms with E-state index in [0.29, 0.717) is 0 Å². The second-order valence-electron chi connectivity index (χ2n) is 4.62. The Morgan fingerprint density at radius 3 is 2.46 bits per heavy atom. The van der Waals surface area contributed by atoms with Crippen molar-refractivity contribution < 1.29 is 9.84 Å². The van der Waals surface area contributed by atoms with Crippen molar-refractivity contribution in [2.75, 3.05) is 13.2 Å². The highest BCUT2D eigenvalue weighted by atomic mass is 16.6. The van der Waals surface area contributed by atoms with Gasteiger partial charge < -0.3 is 9.84 Å². The van der Waals surface area contributed by atoms with Crippen LogP contribution in [-0.4, -0.2) is 23.9 Å². The van der Waals surface area contributed by atoms with E-state index in [0.717, 1.165) is 18.9 Å². The van der Waals surface area contributed by atoms with Crippen molar-refractivity contribution in [3.05, 3.63) is 0 Å². The Hall–Kier alpha value is -0.0800. The quantitative estimate of drug-likeness (QED) is 0.489. The molecule has 0 aromatic heterocycles. The van der Waals surface area contributed by atoms with Gasteiger partial charge in [-0.25, -0.2) is 0 Å². The largest absolute Gasteiger partial charge is 0.393 e. The zero-order chi connectivity index (χ0) is 9.73. The molecule has 0 aliphatic carbocycles. The molecule has 1 rings (SSSR count). The lowest BCUT2D eigenvalue weighted by Gasteiger charge is -2.08. The third-order valence-electron chi connectivity index (χ3n) is 2.75. The normalized spacial score (nSPS) is 26.8. The van der Waals surface area contributed by atoms with E-state index in [-0.39, 0.29) is 12.2 Å². The highest BCUT2D eigenvalue weighted by Crippen LogP contribution is 2.32. The summed E-state index contributed by atoms with van der Waals surface area (Å²) in [5.41, 5.74) is -0.113. The van der Waals surface area contributed by atoms with Crippen LogP contribution in [0.1, 0.15) is 46.0 Å². The van der Waals surface area contributed by atoms with Gasteiger partial charge in [-0.15, -0.1) is 0 Å². The van der Waals surface area contributed by atoms with Gasteiger partial charge >= 0.3 is 0 Å². The van der Waals surface area contributed by atoms with Gasteiger partial charge in [-0.1, -0.05) is 39.5 Å². The van der Waals surface area contributed by atoms with Crippen LogP contribution in [0, 0.1) is 5.92 Å². The number of aliphatic hydroxyl groups excluding tert-OH is 1. The van der Waals surface area contributed by atoms with Gasteiger partial charge in [0.25, 0.3) is 0 Å². The number of rotatable bonds is 7. The summed E-state index contributed by atoms with van der Waals surface area (Å²) >= 11 is 0. The lowest BCUT2D eigenvalue weighted by Crippen LogP contribution is -2.16. The summed E-state index contributed by atoms with van der Waals surface area (Å²) in [6.45, 7) is 5.50. The molecule has 1 aliphatic rings. The molecule has 0 aromatic carbocycles. The second-order valence-corrected chi connectivity index (χ2v) is 4.62. The first kappa shape index (κ1) is 11.0. The summed E-state index contributed by atoms with van der Waals surface area (Å²) in [5, 5.41) is 8.98. The van der Waals surface area contributed by atoms with Crippen LogP contribution in [0.15, 0.2) is 0 Å². The Bertz CT molecular complexity index is 139. The van der Waals surface area contributed by atoms with Gasteiger partial charge in [0.05, 0.1) is 13.2 Å². The molecule has 0 saturated carbocycles. The smallest absolute Gasteiger partial charge is 0.115 e. The summed E-state index contributed by atoms with van der Waals surface area (Å²) in [7, 11) is 0. The Balaban J connectivity index is 1.90. The van der Waals surface area contributed by atoms with Crippen LogP contribution in [0.4, 0.5) is 0 Å². The maximum absolute atomic E-state index is 8.98. The Morgan fingerprint density at radius 2 is 2.00 bits per heavy atom. The number of hydrogen-bond donors (Lipinski definition) is 1. The fourth-order valence-electron chi connectivity index (χ4n) is 1.59. The lowest BCUT2D eigenvalue weighted by molar-refractivity contribution is 0.161. The molecule has 0 amide bonds. The molecule has 0 bridgehead atoms. The van der Waals surface area contributed by atoms with Crippen molar-refractivity contribution >= 4 is 0 Å². The lowest BCUT2D eigenvalue weighted by atomic mass is 10.00. The zero-order valence-corrected chi connectivity index (χ0v) is 8.88. The number of hydrogen-bond acceptors (Lipinski definition) is 2. The summed E-state index contributed by atoms with van der Waals surface area (Å²) in [4.78, 5) is 0. The first-order valence-electron chi connectivity index (χ1n) is 5.43. The van der Waals surface area contributed by atoms with Crippen molar-refractivity contribution in [1.29, 1.82) is 0 Å². The number of ether oxygens (including phenoxy) is 1. The monoisotopic (exact) mass is 186 g/mol. The first-order valence-corrected chi connectivity index (χ1v) is 5.43. The molecule has 1 fully saturated rings. The van der Waals surface area contributed by atoms with E-state index in [1.807, 2.05) is 0 Å². The van der Waals surface area contributed by atoms with Crippen LogP contribution in [0.3, 0.4) is 0 Å². The van der Waals surface area contributed by atoms with Crippen LogP contribution in [0.25, 0.3) is 0 Å². The molecule has 2 heteroatoms. The SMILES string of the molecule is CC(C)CCCCC[C@@]1(CO)CO1. The molecule has 78 valence electrons. The molecule has 1 N–H and O–H groups in total. The fourth-order valence-corrected chi connectivity index (χ4v) is 1.59. The molecule has 0 unspecified atom stereocenters. The first-order chi connectivity index (χ1) is 6.18. The standard InChI is InChI=1S/C11H22O2/c1-10(2)6-4-3-5-7-11(8-12)9-13-11/h10,12H,3-9H2,1-2H3/t11-/m1/s1. The maximum Gasteiger partial charge on any atom is 0.115 e. The molecule has 1 saturated heterocycles. The zero-order valence-electron chi connectivity index (χ0n) is 8.88. The molecule has 0 radical (unpaired) electrons. The van der Waals surface area contributed by atoms with Gasteiger partial charge in [0.15, 0.2) is 0 Å². The number of aliphatic hydroxyl groups is 1. The van der Waals surface area contributed by atoms with Gasteiger partial charge in [0.1, 0.15) is 5.60 Å². The van der Waals surface area contributed by atoms with Crippen LogP contribution >= 0.6 is 0 Å². The summed E-state index contributed by atoms with van der Waals surface area (Å²) < 4.78 is 5.22. The average Bonchev–Trinajstić information content (AvgIpc) is 2.84. The van der Waals surface area contributed by atoms with Gasteiger partial charge in [-0.2, -0.15) is 0 Å². The number of unbranched alkanes of at least 4 members (excludes halogenated alkanes) is 2. The Morgan fingerprint density at radius 1 is 1.31 bits per heavy atom. The molecule has 1 aliphatic heterocycles. The molecular weight excluding hydrogens is 164 g/mol. The molecule has 0 spiro atoms. The molecule has 2 nitrogen and oxygen atoms in total. The van der Waals surface area contributed by atoms with Gasteiger partial charge in [-0.3, -0.25) is 0 Å². The van der Waals surface area contributed by atoms with Crippen molar-refractivity contribution in [2.24, 2.45) is 5.92 Å². The topological polar surface area (TPSA) is 32.8 Å². The average molecular weight is 186 g/mol. The van der Waals surface area contributed by atoms with Crippen molar-refractivity contribution in [1.82, 2.24) is 0 Å². The van der Waals surface area contributed by atoms with Gasteiger partial charge in [0.2, 0.25) is 0 Å². The number of epoxide rings is 1. The van der Waals surface area contributed by atoms with E-state index in [2.05, 4.69) is 13.8 Å². The van der Waals surface area contributed by atoms with E-state index >= 15 is 0 Å². The molecule has 1 heterocycles. The third kappa shape index (κ3) is 4.10. The minimum absolute atomic E-state index is 0.113. The Kier molecular flexibility index (Phi) is 4.20. The molecule has 1 atom stereocenters.